The van der Waals surface area contributed by atoms with Gasteiger partial charge in [-0.05, 0) is 44.5 Å². The van der Waals surface area contributed by atoms with Crippen molar-refractivity contribution in [2.75, 3.05) is 0 Å². The molecular formula is C15H16N2O2. The van der Waals surface area contributed by atoms with Crippen molar-refractivity contribution in [1.82, 2.24) is 4.57 Å². The summed E-state index contributed by atoms with van der Waals surface area (Å²) in [5.41, 5.74) is 1.21. The summed E-state index contributed by atoms with van der Waals surface area (Å²) >= 11 is 0. The average Bonchev–Trinajstić information content (AvgIpc) is 2.70. The summed E-state index contributed by atoms with van der Waals surface area (Å²) < 4.78 is 6.82. The molecule has 0 N–H and O–H groups in total. The van der Waals surface area contributed by atoms with E-state index >= 15 is 0 Å². The van der Waals surface area contributed by atoms with Gasteiger partial charge in [0.05, 0.1) is 18.0 Å². The van der Waals surface area contributed by atoms with Crippen LogP contribution >= 0.6 is 0 Å². The molecule has 98 valence electrons. The fourth-order valence-corrected chi connectivity index (χ4v) is 1.86. The van der Waals surface area contributed by atoms with Crippen LogP contribution in [0.2, 0.25) is 0 Å². The molecule has 0 amide bonds. The highest BCUT2D eigenvalue weighted by atomic mass is 16.6. The number of fused-ring (bicyclic) bond motifs is 1. The van der Waals surface area contributed by atoms with Gasteiger partial charge in [0.15, 0.2) is 0 Å². The highest BCUT2D eigenvalue weighted by Crippen LogP contribution is 2.19. The smallest absolute Gasteiger partial charge is 0.418 e. The Bertz CT molecular complexity index is 657. The SMILES string of the molecule is CC(C)(C)OC(=O)n1ccc2cc(CC#N)ccc21. The van der Waals surface area contributed by atoms with Gasteiger partial charge in [-0.15, -0.1) is 0 Å². The second kappa shape index (κ2) is 4.77. The predicted molar refractivity (Wildman–Crippen MR) is 72.9 cm³/mol. The summed E-state index contributed by atoms with van der Waals surface area (Å²) in [7, 11) is 0. The number of aromatic nitrogens is 1. The zero-order valence-electron chi connectivity index (χ0n) is 11.3. The molecular weight excluding hydrogens is 240 g/mol. The van der Waals surface area contributed by atoms with E-state index in [1.54, 1.807) is 6.20 Å². The number of benzene rings is 1. The number of carbonyl (C=O) groups excluding carboxylic acids is 1. The fourth-order valence-electron chi connectivity index (χ4n) is 1.86. The largest absolute Gasteiger partial charge is 0.443 e. The van der Waals surface area contributed by atoms with E-state index in [9.17, 15) is 4.79 Å². The number of nitrogens with zero attached hydrogens (tertiary/aromatic N) is 2. The van der Waals surface area contributed by atoms with Gasteiger partial charge < -0.3 is 4.74 Å². The van der Waals surface area contributed by atoms with Crippen molar-refractivity contribution >= 4 is 17.0 Å². The normalized spacial score (nSPS) is 11.3. The molecule has 0 unspecified atom stereocenters. The van der Waals surface area contributed by atoms with Crippen LogP contribution in [-0.2, 0) is 11.2 Å². The van der Waals surface area contributed by atoms with Crippen LogP contribution in [0, 0.1) is 11.3 Å². The molecule has 19 heavy (non-hydrogen) atoms. The third-order valence-electron chi connectivity index (χ3n) is 2.63. The van der Waals surface area contributed by atoms with Crippen LogP contribution in [0.15, 0.2) is 30.5 Å². The Hall–Kier alpha value is -2.28. The molecule has 1 aromatic carbocycles. The molecule has 0 aliphatic carbocycles. The van der Waals surface area contributed by atoms with Crippen molar-refractivity contribution in [3.05, 3.63) is 36.0 Å². The molecule has 4 nitrogen and oxygen atoms in total. The Kier molecular flexibility index (Phi) is 3.30. The van der Waals surface area contributed by atoms with Gasteiger partial charge in [0.1, 0.15) is 5.60 Å². The molecule has 2 aromatic rings. The van der Waals surface area contributed by atoms with E-state index in [0.717, 1.165) is 16.5 Å². The van der Waals surface area contributed by atoms with Crippen LogP contribution in [0.25, 0.3) is 10.9 Å². The summed E-state index contributed by atoms with van der Waals surface area (Å²) in [4.78, 5) is 12.0. The van der Waals surface area contributed by atoms with Crippen LogP contribution in [0.3, 0.4) is 0 Å². The zero-order valence-corrected chi connectivity index (χ0v) is 11.3. The average molecular weight is 256 g/mol. The zero-order chi connectivity index (χ0) is 14.0. The highest BCUT2D eigenvalue weighted by Gasteiger charge is 2.18. The standard InChI is InChI=1S/C15H16N2O2/c1-15(2,3)19-14(18)17-9-7-12-10-11(6-8-16)4-5-13(12)17/h4-5,7,9-10H,6H2,1-3H3. The first-order chi connectivity index (χ1) is 8.90. The van der Waals surface area contributed by atoms with Gasteiger partial charge in [0.2, 0.25) is 0 Å². The Balaban J connectivity index is 2.36. The molecule has 2 rings (SSSR count). The summed E-state index contributed by atoms with van der Waals surface area (Å²) in [6.45, 7) is 5.50. The Morgan fingerprint density at radius 3 is 2.74 bits per heavy atom. The second-order valence-electron chi connectivity index (χ2n) is 5.39. The molecule has 0 saturated heterocycles. The first-order valence-corrected chi connectivity index (χ1v) is 6.11. The van der Waals surface area contributed by atoms with Crippen LogP contribution in [0.5, 0.6) is 0 Å². The van der Waals surface area contributed by atoms with Crippen molar-refractivity contribution in [2.45, 2.75) is 32.8 Å². The number of carbonyl (C=O) groups is 1. The van der Waals surface area contributed by atoms with Crippen molar-refractivity contribution in [3.63, 3.8) is 0 Å². The molecule has 1 aromatic heterocycles. The van der Waals surface area contributed by atoms with E-state index in [0.29, 0.717) is 6.42 Å². The van der Waals surface area contributed by atoms with Gasteiger partial charge in [0, 0.05) is 11.6 Å². The minimum Gasteiger partial charge on any atom is -0.443 e. The Labute approximate surface area is 112 Å². The highest BCUT2D eigenvalue weighted by molar-refractivity contribution is 5.89. The molecule has 0 saturated carbocycles. The number of hydrogen-bond acceptors (Lipinski definition) is 3. The van der Waals surface area contributed by atoms with Crippen LogP contribution in [0.4, 0.5) is 4.79 Å². The van der Waals surface area contributed by atoms with Gasteiger partial charge in [0.25, 0.3) is 0 Å². The maximum absolute atomic E-state index is 12.0. The lowest BCUT2D eigenvalue weighted by atomic mass is 10.1. The molecule has 0 aliphatic heterocycles. The number of nitriles is 1. The van der Waals surface area contributed by atoms with Gasteiger partial charge in [-0.1, -0.05) is 6.07 Å². The lowest BCUT2D eigenvalue weighted by Crippen LogP contribution is -2.26. The van der Waals surface area contributed by atoms with E-state index in [1.165, 1.54) is 4.57 Å². The first kappa shape index (κ1) is 13.2. The molecule has 0 bridgehead atoms. The molecule has 0 radical (unpaired) electrons. The van der Waals surface area contributed by atoms with E-state index in [2.05, 4.69) is 6.07 Å². The maximum Gasteiger partial charge on any atom is 0.418 e. The van der Waals surface area contributed by atoms with Crippen molar-refractivity contribution in [3.8, 4) is 6.07 Å². The molecule has 0 aliphatic rings. The third-order valence-corrected chi connectivity index (χ3v) is 2.63. The minimum atomic E-state index is -0.519. The topological polar surface area (TPSA) is 55.0 Å². The fraction of sp³-hybridized carbons (Fsp3) is 0.333. The lowest BCUT2D eigenvalue weighted by Gasteiger charge is -2.19. The van der Waals surface area contributed by atoms with Gasteiger partial charge >= 0.3 is 6.09 Å². The van der Waals surface area contributed by atoms with Crippen molar-refractivity contribution in [1.29, 1.82) is 5.26 Å². The quantitative estimate of drug-likeness (QED) is 0.784. The van der Waals surface area contributed by atoms with E-state index < -0.39 is 11.7 Å². The van der Waals surface area contributed by atoms with Crippen molar-refractivity contribution in [2.24, 2.45) is 0 Å². The van der Waals surface area contributed by atoms with Gasteiger partial charge in [-0.2, -0.15) is 5.26 Å². The lowest BCUT2D eigenvalue weighted by molar-refractivity contribution is 0.0544. The summed E-state index contributed by atoms with van der Waals surface area (Å²) in [6.07, 6.45) is 1.66. The van der Waals surface area contributed by atoms with Crippen LogP contribution in [-0.4, -0.2) is 16.3 Å². The van der Waals surface area contributed by atoms with Gasteiger partial charge in [-0.25, -0.2) is 4.79 Å². The molecule has 0 fully saturated rings. The Morgan fingerprint density at radius 2 is 2.11 bits per heavy atom. The summed E-state index contributed by atoms with van der Waals surface area (Å²) in [5.74, 6) is 0. The molecule has 4 heteroatoms. The van der Waals surface area contributed by atoms with Crippen molar-refractivity contribution < 1.29 is 9.53 Å². The maximum atomic E-state index is 12.0. The van der Waals surface area contributed by atoms with Crippen LogP contribution in [0.1, 0.15) is 26.3 Å². The second-order valence-corrected chi connectivity index (χ2v) is 5.39. The molecule has 0 spiro atoms. The number of rotatable bonds is 1. The van der Waals surface area contributed by atoms with E-state index in [-0.39, 0.29) is 0 Å². The minimum absolute atomic E-state index is 0.369. The summed E-state index contributed by atoms with van der Waals surface area (Å²) in [5, 5.41) is 9.61. The summed E-state index contributed by atoms with van der Waals surface area (Å²) in [6, 6.07) is 9.57. The molecule has 0 atom stereocenters. The van der Waals surface area contributed by atoms with Gasteiger partial charge in [-0.3, -0.25) is 4.57 Å². The third kappa shape index (κ3) is 2.94. The van der Waals surface area contributed by atoms with E-state index in [4.69, 9.17) is 10.00 Å². The number of hydrogen-bond donors (Lipinski definition) is 0. The monoisotopic (exact) mass is 256 g/mol. The first-order valence-electron chi connectivity index (χ1n) is 6.11. The van der Waals surface area contributed by atoms with E-state index in [1.807, 2.05) is 45.0 Å². The Morgan fingerprint density at radius 1 is 1.37 bits per heavy atom. The van der Waals surface area contributed by atoms with Crippen LogP contribution < -0.4 is 0 Å². The number of ether oxygens (including phenoxy) is 1. The molecule has 1 heterocycles. The predicted octanol–water partition coefficient (Wildman–Crippen LogP) is 3.49.